The van der Waals surface area contributed by atoms with Gasteiger partial charge in [0.2, 0.25) is 0 Å². The normalized spacial score (nSPS) is 18.6. The Bertz CT molecular complexity index is 137. The molecule has 0 atom stereocenters. The highest BCUT2D eigenvalue weighted by molar-refractivity contribution is 7.99. The largest absolute Gasteiger partial charge is 0.314 e. The molecule has 1 heterocycles. The Hall–Kier alpha value is 0.310. The number of hydrogen-bond acceptors (Lipinski definition) is 2. The molecule has 1 rings (SSSR count). The van der Waals surface area contributed by atoms with E-state index in [2.05, 4.69) is 30.9 Å². The summed E-state index contributed by atoms with van der Waals surface area (Å²) in [6.07, 6.45) is 8.21. The predicted molar refractivity (Wildman–Crippen MR) is 71.7 cm³/mol. The standard InChI is InChI=1S/C13H27NS/c1-3-5-13(6-4-2)14-11-12-7-9-15-10-8-12/h12-14H,3-11H2,1-2H3. The van der Waals surface area contributed by atoms with Crippen LogP contribution in [-0.4, -0.2) is 24.1 Å². The van der Waals surface area contributed by atoms with Crippen molar-refractivity contribution in [1.82, 2.24) is 5.32 Å². The summed E-state index contributed by atoms with van der Waals surface area (Å²) in [6, 6.07) is 0.787. The van der Waals surface area contributed by atoms with Gasteiger partial charge in [0.15, 0.2) is 0 Å². The van der Waals surface area contributed by atoms with Crippen LogP contribution in [0.1, 0.15) is 52.4 Å². The van der Waals surface area contributed by atoms with Gasteiger partial charge < -0.3 is 5.32 Å². The van der Waals surface area contributed by atoms with Crippen LogP contribution in [0, 0.1) is 5.92 Å². The molecule has 0 saturated carbocycles. The van der Waals surface area contributed by atoms with E-state index >= 15 is 0 Å². The first kappa shape index (κ1) is 13.4. The third-order valence-corrected chi connectivity index (χ3v) is 4.36. The van der Waals surface area contributed by atoms with Crippen molar-refractivity contribution < 1.29 is 0 Å². The predicted octanol–water partition coefficient (Wildman–Crippen LogP) is 3.69. The van der Waals surface area contributed by atoms with Crippen molar-refractivity contribution in [2.75, 3.05) is 18.1 Å². The summed E-state index contributed by atoms with van der Waals surface area (Å²) in [4.78, 5) is 0. The molecular weight excluding hydrogens is 202 g/mol. The summed E-state index contributed by atoms with van der Waals surface area (Å²) < 4.78 is 0. The second kappa shape index (κ2) is 8.46. The molecule has 1 saturated heterocycles. The highest BCUT2D eigenvalue weighted by atomic mass is 32.2. The zero-order valence-electron chi connectivity index (χ0n) is 10.4. The number of thioether (sulfide) groups is 1. The van der Waals surface area contributed by atoms with Crippen molar-refractivity contribution in [3.05, 3.63) is 0 Å². The van der Waals surface area contributed by atoms with E-state index in [1.807, 2.05) is 0 Å². The fraction of sp³-hybridized carbons (Fsp3) is 1.00. The number of nitrogens with one attached hydrogen (secondary N) is 1. The van der Waals surface area contributed by atoms with Crippen LogP contribution in [0.2, 0.25) is 0 Å². The SMILES string of the molecule is CCCC(CCC)NCC1CCSCC1. The average molecular weight is 229 g/mol. The van der Waals surface area contributed by atoms with E-state index in [-0.39, 0.29) is 0 Å². The fourth-order valence-corrected chi connectivity index (χ4v) is 3.53. The Labute approximate surface area is 99.8 Å². The highest BCUT2D eigenvalue weighted by Gasteiger charge is 2.15. The molecule has 1 N–H and O–H groups in total. The second-order valence-corrected chi connectivity index (χ2v) is 5.96. The first-order chi connectivity index (χ1) is 7.36. The fourth-order valence-electron chi connectivity index (χ4n) is 2.33. The van der Waals surface area contributed by atoms with Crippen molar-refractivity contribution in [2.24, 2.45) is 5.92 Å². The molecule has 0 amide bonds. The van der Waals surface area contributed by atoms with Crippen LogP contribution in [0.3, 0.4) is 0 Å². The van der Waals surface area contributed by atoms with E-state index in [0.717, 1.165) is 12.0 Å². The van der Waals surface area contributed by atoms with Crippen LogP contribution in [0.25, 0.3) is 0 Å². The van der Waals surface area contributed by atoms with Gasteiger partial charge in [-0.25, -0.2) is 0 Å². The summed E-state index contributed by atoms with van der Waals surface area (Å²) >= 11 is 2.13. The minimum absolute atomic E-state index is 0.787. The summed E-state index contributed by atoms with van der Waals surface area (Å²) in [7, 11) is 0. The van der Waals surface area contributed by atoms with Gasteiger partial charge in [-0.15, -0.1) is 0 Å². The van der Waals surface area contributed by atoms with Gasteiger partial charge in [0.1, 0.15) is 0 Å². The molecule has 0 aromatic heterocycles. The topological polar surface area (TPSA) is 12.0 Å². The van der Waals surface area contributed by atoms with E-state index in [4.69, 9.17) is 0 Å². The molecule has 2 heteroatoms. The Morgan fingerprint density at radius 1 is 1.13 bits per heavy atom. The van der Waals surface area contributed by atoms with Gasteiger partial charge in [0, 0.05) is 6.04 Å². The van der Waals surface area contributed by atoms with Gasteiger partial charge in [-0.05, 0) is 49.7 Å². The number of hydrogen-bond donors (Lipinski definition) is 1. The van der Waals surface area contributed by atoms with Gasteiger partial charge in [0.25, 0.3) is 0 Å². The van der Waals surface area contributed by atoms with Gasteiger partial charge >= 0.3 is 0 Å². The molecule has 0 bridgehead atoms. The van der Waals surface area contributed by atoms with Gasteiger partial charge in [-0.1, -0.05) is 26.7 Å². The molecule has 1 fully saturated rings. The third-order valence-electron chi connectivity index (χ3n) is 3.31. The Morgan fingerprint density at radius 2 is 1.73 bits per heavy atom. The monoisotopic (exact) mass is 229 g/mol. The molecule has 90 valence electrons. The summed E-state index contributed by atoms with van der Waals surface area (Å²) in [5.74, 6) is 3.74. The lowest BCUT2D eigenvalue weighted by Gasteiger charge is -2.25. The molecule has 15 heavy (non-hydrogen) atoms. The van der Waals surface area contributed by atoms with Crippen molar-refractivity contribution >= 4 is 11.8 Å². The molecule has 1 aliphatic heterocycles. The molecule has 0 aromatic carbocycles. The summed E-state index contributed by atoms with van der Waals surface area (Å²) in [5, 5.41) is 3.78. The van der Waals surface area contributed by atoms with Gasteiger partial charge in [-0.2, -0.15) is 11.8 Å². The zero-order chi connectivity index (χ0) is 10.9. The molecule has 0 unspecified atom stereocenters. The van der Waals surface area contributed by atoms with Crippen LogP contribution >= 0.6 is 11.8 Å². The lowest BCUT2D eigenvalue weighted by Crippen LogP contribution is -2.34. The first-order valence-electron chi connectivity index (χ1n) is 6.68. The minimum atomic E-state index is 0.787. The van der Waals surface area contributed by atoms with E-state index in [9.17, 15) is 0 Å². The van der Waals surface area contributed by atoms with Gasteiger partial charge in [-0.3, -0.25) is 0 Å². The van der Waals surface area contributed by atoms with Crippen LogP contribution in [0.15, 0.2) is 0 Å². The van der Waals surface area contributed by atoms with Crippen LogP contribution < -0.4 is 5.32 Å². The summed E-state index contributed by atoms with van der Waals surface area (Å²) in [5.41, 5.74) is 0. The van der Waals surface area contributed by atoms with E-state index in [1.165, 1.54) is 56.6 Å². The second-order valence-electron chi connectivity index (χ2n) is 4.74. The Morgan fingerprint density at radius 3 is 2.27 bits per heavy atom. The molecule has 0 spiro atoms. The van der Waals surface area contributed by atoms with Crippen LogP contribution in [0.5, 0.6) is 0 Å². The Balaban J connectivity index is 2.13. The quantitative estimate of drug-likeness (QED) is 0.714. The lowest BCUT2D eigenvalue weighted by molar-refractivity contribution is 0.377. The Kier molecular flexibility index (Phi) is 7.54. The zero-order valence-corrected chi connectivity index (χ0v) is 11.2. The van der Waals surface area contributed by atoms with Crippen LogP contribution in [0.4, 0.5) is 0 Å². The smallest absolute Gasteiger partial charge is 0.00669 e. The van der Waals surface area contributed by atoms with Crippen molar-refractivity contribution in [1.29, 1.82) is 0 Å². The van der Waals surface area contributed by atoms with Crippen molar-refractivity contribution in [3.63, 3.8) is 0 Å². The maximum atomic E-state index is 3.78. The molecule has 1 aliphatic rings. The molecule has 0 aromatic rings. The lowest BCUT2D eigenvalue weighted by atomic mass is 10.0. The molecular formula is C13H27NS. The maximum Gasteiger partial charge on any atom is 0.00669 e. The molecule has 0 radical (unpaired) electrons. The first-order valence-corrected chi connectivity index (χ1v) is 7.83. The molecule has 0 aliphatic carbocycles. The third kappa shape index (κ3) is 5.82. The minimum Gasteiger partial charge on any atom is -0.314 e. The van der Waals surface area contributed by atoms with E-state index in [1.54, 1.807) is 0 Å². The van der Waals surface area contributed by atoms with E-state index in [0.29, 0.717) is 0 Å². The maximum absolute atomic E-state index is 3.78. The number of rotatable bonds is 7. The van der Waals surface area contributed by atoms with Crippen molar-refractivity contribution in [3.8, 4) is 0 Å². The van der Waals surface area contributed by atoms with Gasteiger partial charge in [0.05, 0.1) is 0 Å². The van der Waals surface area contributed by atoms with Crippen molar-refractivity contribution in [2.45, 2.75) is 58.4 Å². The van der Waals surface area contributed by atoms with E-state index < -0.39 is 0 Å². The molecule has 1 nitrogen and oxygen atoms in total. The average Bonchev–Trinajstić information content (AvgIpc) is 2.28. The summed E-state index contributed by atoms with van der Waals surface area (Å²) in [6.45, 7) is 5.86. The van der Waals surface area contributed by atoms with Crippen LogP contribution in [-0.2, 0) is 0 Å². The highest BCUT2D eigenvalue weighted by Crippen LogP contribution is 2.22.